The summed E-state index contributed by atoms with van der Waals surface area (Å²) in [4.78, 5) is 11.6. The predicted molar refractivity (Wildman–Crippen MR) is 83.1 cm³/mol. The van der Waals surface area contributed by atoms with Crippen molar-refractivity contribution in [2.45, 2.75) is 54.0 Å². The van der Waals surface area contributed by atoms with E-state index in [9.17, 15) is 80.1 Å². The van der Waals surface area contributed by atoms with Gasteiger partial charge in [-0.3, -0.25) is 0 Å². The van der Waals surface area contributed by atoms with Crippen molar-refractivity contribution in [1.29, 1.82) is 0 Å². The molecule has 36 heavy (non-hydrogen) atoms. The summed E-state index contributed by atoms with van der Waals surface area (Å²) in [6.45, 7) is 0. The number of alkyl halides is 16. The van der Waals surface area contributed by atoms with Crippen LogP contribution < -0.4 is 0 Å². The fourth-order valence-electron chi connectivity index (χ4n) is 2.71. The van der Waals surface area contributed by atoms with Gasteiger partial charge in [0, 0.05) is 5.56 Å². The van der Waals surface area contributed by atoms with Gasteiger partial charge in [-0.15, -0.1) is 0 Å². The molecule has 3 nitrogen and oxygen atoms in total. The van der Waals surface area contributed by atoms with E-state index in [1.54, 1.807) is 0 Å². The number of hydrogen-bond donors (Lipinski definition) is 1. The molecule has 0 saturated carbocycles. The minimum absolute atomic E-state index is 0.0154. The zero-order valence-electron chi connectivity index (χ0n) is 16.8. The molecule has 0 aliphatic carbocycles. The van der Waals surface area contributed by atoms with Crippen LogP contribution in [0.15, 0.2) is 24.3 Å². The van der Waals surface area contributed by atoms with E-state index in [-0.39, 0.29) is 6.07 Å². The molecule has 1 atom stereocenters. The largest absolute Gasteiger partial charge is 0.465 e. The Morgan fingerprint density at radius 3 is 1.50 bits per heavy atom. The molecular weight excluding hydrogens is 556 g/mol. The molecule has 19 heteroatoms. The molecule has 1 aromatic rings. The minimum atomic E-state index is -8.36. The third kappa shape index (κ3) is 4.53. The molecule has 0 aliphatic heterocycles. The molecule has 1 N–H and O–H groups in total. The Kier molecular flexibility index (Phi) is 7.74. The molecule has 0 heterocycles. The topological polar surface area (TPSA) is 46.5 Å². The third-order valence-corrected chi connectivity index (χ3v) is 4.72. The molecule has 0 fully saturated rings. The first-order chi connectivity index (χ1) is 15.7. The van der Waals surface area contributed by atoms with E-state index in [2.05, 4.69) is 4.74 Å². The Labute approximate surface area is 188 Å². The summed E-state index contributed by atoms with van der Waals surface area (Å²) in [7, 11) is 0.498. The Bertz CT molecular complexity index is 965. The zero-order chi connectivity index (χ0) is 29.0. The number of esters is 1. The van der Waals surface area contributed by atoms with E-state index < -0.39 is 71.1 Å². The van der Waals surface area contributed by atoms with Gasteiger partial charge in [-0.1, -0.05) is 18.2 Å². The highest BCUT2D eigenvalue weighted by Gasteiger charge is 2.91. The van der Waals surface area contributed by atoms with Crippen LogP contribution in [-0.2, 0) is 10.3 Å². The highest BCUT2D eigenvalue weighted by atomic mass is 19.4. The Balaban J connectivity index is 3.81. The number of carbonyl (C=O) groups is 1. The number of carbonyl (C=O) groups excluding carboxylic acids is 1. The summed E-state index contributed by atoms with van der Waals surface area (Å²) in [6.07, 6.45) is -18.4. The second kappa shape index (κ2) is 8.83. The van der Waals surface area contributed by atoms with E-state index in [0.29, 0.717) is 25.3 Å². The predicted octanol–water partition coefficient (Wildman–Crippen LogP) is 6.35. The molecule has 0 aliphatic rings. The maximum Gasteiger partial charge on any atom is 0.460 e. The molecule has 0 bridgehead atoms. The van der Waals surface area contributed by atoms with Crippen molar-refractivity contribution >= 4 is 5.97 Å². The van der Waals surface area contributed by atoms with Crippen LogP contribution in [0.3, 0.4) is 0 Å². The molecule has 0 saturated heterocycles. The van der Waals surface area contributed by atoms with Crippen molar-refractivity contribution in [2.24, 2.45) is 0 Å². The van der Waals surface area contributed by atoms with Crippen LogP contribution in [0.2, 0.25) is 0 Å². The monoisotopic (exact) mass is 566 g/mol. The second-order valence-corrected chi connectivity index (χ2v) is 7.07. The van der Waals surface area contributed by atoms with E-state index in [0.717, 1.165) is 0 Å². The van der Waals surface area contributed by atoms with Gasteiger partial charge in [-0.25, -0.2) is 4.79 Å². The van der Waals surface area contributed by atoms with Crippen LogP contribution in [0.4, 0.5) is 70.2 Å². The maximum absolute atomic E-state index is 14.2. The fraction of sp³-hybridized carbons (Fsp3) is 0.588. The van der Waals surface area contributed by atoms with Crippen molar-refractivity contribution in [3.63, 3.8) is 0 Å². The smallest absolute Gasteiger partial charge is 0.460 e. The van der Waals surface area contributed by atoms with Crippen LogP contribution in [0.1, 0.15) is 22.3 Å². The van der Waals surface area contributed by atoms with Gasteiger partial charge in [0.25, 0.3) is 0 Å². The quantitative estimate of drug-likeness (QED) is 0.295. The molecule has 0 aromatic heterocycles. The van der Waals surface area contributed by atoms with Gasteiger partial charge in [0.05, 0.1) is 19.1 Å². The van der Waals surface area contributed by atoms with Gasteiger partial charge in [0.1, 0.15) is 0 Å². The highest BCUT2D eigenvalue weighted by Crippen LogP contribution is 2.62. The number of methoxy groups -OCH3 is 1. The number of benzene rings is 1. The van der Waals surface area contributed by atoms with Crippen LogP contribution in [0.5, 0.6) is 0 Å². The molecule has 0 radical (unpaired) electrons. The van der Waals surface area contributed by atoms with Crippen molar-refractivity contribution in [3.05, 3.63) is 35.4 Å². The summed E-state index contributed by atoms with van der Waals surface area (Å²) < 4.78 is 217. The van der Waals surface area contributed by atoms with E-state index in [1.807, 2.05) is 0 Å². The summed E-state index contributed by atoms with van der Waals surface area (Å²) >= 11 is 0. The number of halogens is 16. The first kappa shape index (κ1) is 31.6. The zero-order valence-corrected chi connectivity index (χ0v) is 16.8. The summed E-state index contributed by atoms with van der Waals surface area (Å²) in [5, 5.41) is 9.89. The lowest BCUT2D eigenvalue weighted by molar-refractivity contribution is -0.443. The van der Waals surface area contributed by atoms with Gasteiger partial charge in [0.15, 0.2) is 5.60 Å². The van der Waals surface area contributed by atoms with Crippen LogP contribution in [0, 0.1) is 0 Å². The molecule has 0 amide bonds. The molecule has 1 rings (SSSR count). The SMILES string of the molecule is COC(=O)c1ccccc1C(O)(CC(F)(F)C(F)(F)C(F)(F)C(F)(F)C(F)(F)C(F)(F)F)C(F)(F)F. The number of ether oxygens (including phenoxy) is 1. The lowest BCUT2D eigenvalue weighted by Gasteiger charge is -2.42. The number of rotatable bonds is 8. The van der Waals surface area contributed by atoms with E-state index >= 15 is 0 Å². The van der Waals surface area contributed by atoms with E-state index in [4.69, 9.17) is 0 Å². The van der Waals surface area contributed by atoms with Crippen molar-refractivity contribution in [2.75, 3.05) is 7.11 Å². The van der Waals surface area contributed by atoms with Gasteiger partial charge in [-0.2, -0.15) is 70.2 Å². The maximum atomic E-state index is 14.2. The van der Waals surface area contributed by atoms with Crippen LogP contribution >= 0.6 is 0 Å². The van der Waals surface area contributed by atoms with Crippen molar-refractivity contribution in [1.82, 2.24) is 0 Å². The first-order valence-corrected chi connectivity index (χ1v) is 8.60. The molecule has 208 valence electrons. The lowest BCUT2D eigenvalue weighted by atomic mass is 9.81. The molecule has 1 aromatic carbocycles. The fourth-order valence-corrected chi connectivity index (χ4v) is 2.71. The standard InChI is InChI=1S/C17H10F16O3/c1-36-9(34)7-4-2-3-5-8(7)10(35,16(28,29)30)6-11(18,19)12(20,21)13(22,23)14(24,25)15(26,27)17(31,32)33/h2-5,35H,6H2,1H3. The van der Waals surface area contributed by atoms with Gasteiger partial charge >= 0.3 is 47.9 Å². The summed E-state index contributed by atoms with van der Waals surface area (Å²) in [5.41, 5.74) is -9.00. The number of hydrogen-bond acceptors (Lipinski definition) is 3. The average molecular weight is 566 g/mol. The second-order valence-electron chi connectivity index (χ2n) is 7.07. The first-order valence-electron chi connectivity index (χ1n) is 8.60. The third-order valence-electron chi connectivity index (χ3n) is 4.72. The number of aliphatic hydroxyl groups is 1. The van der Waals surface area contributed by atoms with Crippen LogP contribution in [-0.4, -0.2) is 60.2 Å². The normalized spacial score (nSPS) is 16.5. The van der Waals surface area contributed by atoms with Gasteiger partial charge in [-0.05, 0) is 6.07 Å². The lowest BCUT2D eigenvalue weighted by Crippen LogP contribution is -2.70. The highest BCUT2D eigenvalue weighted by molar-refractivity contribution is 5.91. The van der Waals surface area contributed by atoms with Crippen LogP contribution in [0.25, 0.3) is 0 Å². The summed E-state index contributed by atoms with van der Waals surface area (Å²) in [6, 6.07) is 1.51. The average Bonchev–Trinajstić information content (AvgIpc) is 2.70. The van der Waals surface area contributed by atoms with Crippen molar-refractivity contribution in [3.8, 4) is 0 Å². The Morgan fingerprint density at radius 2 is 1.11 bits per heavy atom. The van der Waals surface area contributed by atoms with Crippen molar-refractivity contribution < 1.29 is 84.9 Å². The molecule has 0 spiro atoms. The molecular formula is C17H10F16O3. The molecule has 1 unspecified atom stereocenters. The Hall–Kier alpha value is -2.47. The Morgan fingerprint density at radius 1 is 0.694 bits per heavy atom. The van der Waals surface area contributed by atoms with E-state index in [1.165, 1.54) is 0 Å². The minimum Gasteiger partial charge on any atom is -0.465 e. The van der Waals surface area contributed by atoms with Gasteiger partial charge < -0.3 is 9.84 Å². The van der Waals surface area contributed by atoms with Gasteiger partial charge in [0.2, 0.25) is 0 Å². The summed E-state index contributed by atoms with van der Waals surface area (Å²) in [5.74, 6) is -42.0.